The number of halogens is 1. The summed E-state index contributed by atoms with van der Waals surface area (Å²) in [5.74, 6) is 0.578. The molecule has 1 fully saturated rings. The molecule has 0 spiro atoms. The number of nitrogen functional groups attached to an aromatic ring is 1. The number of pyridine rings is 1. The number of carbonyl (C=O) groups excluding carboxylic acids is 1. The Morgan fingerprint density at radius 1 is 1.29 bits per heavy atom. The zero-order valence-electron chi connectivity index (χ0n) is 20.5. The van der Waals surface area contributed by atoms with E-state index in [1.807, 2.05) is 19.1 Å². The van der Waals surface area contributed by atoms with Crippen LogP contribution in [0.4, 0.5) is 5.69 Å². The summed E-state index contributed by atoms with van der Waals surface area (Å²) in [5.41, 5.74) is 9.47. The number of anilines is 1. The molecule has 0 saturated carbocycles. The van der Waals surface area contributed by atoms with Crippen LogP contribution in [0.3, 0.4) is 0 Å². The SMILES string of the molecule is Cc1c(Cl)ccc(C(=N)c2nc(C(=O)CCC3CCN(C(C)C)CC3)c(-c3cccnc3)s2)c1N. The lowest BCUT2D eigenvalue weighted by molar-refractivity contribution is 0.0951. The Hall–Kier alpha value is -2.61. The molecule has 1 aromatic carbocycles. The van der Waals surface area contributed by atoms with Crippen LogP contribution in [0.15, 0.2) is 36.7 Å². The molecule has 3 aromatic rings. The maximum absolute atomic E-state index is 13.4. The van der Waals surface area contributed by atoms with Crippen LogP contribution in [-0.2, 0) is 0 Å². The maximum atomic E-state index is 13.4. The molecule has 3 heterocycles. The van der Waals surface area contributed by atoms with E-state index < -0.39 is 0 Å². The van der Waals surface area contributed by atoms with Crippen molar-refractivity contribution in [1.29, 1.82) is 5.41 Å². The predicted octanol–water partition coefficient (Wildman–Crippen LogP) is 6.25. The van der Waals surface area contributed by atoms with Crippen LogP contribution in [0.1, 0.15) is 66.2 Å². The lowest BCUT2D eigenvalue weighted by Gasteiger charge is -2.34. The largest absolute Gasteiger partial charge is 0.398 e. The first kappa shape index (κ1) is 25.5. The third kappa shape index (κ3) is 5.63. The van der Waals surface area contributed by atoms with Crippen molar-refractivity contribution >= 4 is 40.1 Å². The Morgan fingerprint density at radius 3 is 2.69 bits per heavy atom. The van der Waals surface area contributed by atoms with Crippen LogP contribution in [0.2, 0.25) is 5.02 Å². The van der Waals surface area contributed by atoms with Crippen molar-refractivity contribution in [2.75, 3.05) is 18.8 Å². The van der Waals surface area contributed by atoms with Gasteiger partial charge in [0.25, 0.3) is 0 Å². The maximum Gasteiger partial charge on any atom is 0.182 e. The molecular formula is C27H32ClN5OS. The fourth-order valence-electron chi connectivity index (χ4n) is 4.56. The summed E-state index contributed by atoms with van der Waals surface area (Å²) < 4.78 is 0. The fraction of sp³-hybridized carbons (Fsp3) is 0.407. The molecule has 184 valence electrons. The van der Waals surface area contributed by atoms with E-state index in [1.165, 1.54) is 11.3 Å². The van der Waals surface area contributed by atoms with Gasteiger partial charge >= 0.3 is 0 Å². The molecule has 0 atom stereocenters. The van der Waals surface area contributed by atoms with Crippen molar-refractivity contribution in [3.63, 3.8) is 0 Å². The van der Waals surface area contributed by atoms with Crippen LogP contribution < -0.4 is 5.73 Å². The second-order valence-corrected chi connectivity index (χ2v) is 10.9. The minimum Gasteiger partial charge on any atom is -0.398 e. The average molecular weight is 510 g/mol. The van der Waals surface area contributed by atoms with Gasteiger partial charge in [0.05, 0.1) is 10.6 Å². The van der Waals surface area contributed by atoms with Gasteiger partial charge in [0.15, 0.2) is 5.78 Å². The summed E-state index contributed by atoms with van der Waals surface area (Å²) in [6.45, 7) is 8.49. The lowest BCUT2D eigenvalue weighted by Crippen LogP contribution is -2.38. The van der Waals surface area contributed by atoms with Crippen molar-refractivity contribution in [2.45, 2.75) is 52.5 Å². The van der Waals surface area contributed by atoms with Gasteiger partial charge in [-0.3, -0.25) is 15.2 Å². The second kappa shape index (κ2) is 11.0. The van der Waals surface area contributed by atoms with Crippen molar-refractivity contribution < 1.29 is 4.79 Å². The average Bonchev–Trinajstić information content (AvgIpc) is 3.32. The highest BCUT2D eigenvalue weighted by molar-refractivity contribution is 7.17. The molecule has 8 heteroatoms. The lowest BCUT2D eigenvalue weighted by atomic mass is 9.90. The van der Waals surface area contributed by atoms with E-state index in [-0.39, 0.29) is 11.5 Å². The van der Waals surface area contributed by atoms with Gasteiger partial charge in [-0.1, -0.05) is 17.7 Å². The minimum absolute atomic E-state index is 0.0192. The number of Topliss-reactive ketones (excluding diaryl/α,β-unsaturated/α-hetero) is 1. The van der Waals surface area contributed by atoms with Gasteiger partial charge in [-0.2, -0.15) is 0 Å². The number of benzene rings is 1. The molecule has 0 amide bonds. The van der Waals surface area contributed by atoms with Crippen molar-refractivity contribution in [2.24, 2.45) is 5.92 Å². The van der Waals surface area contributed by atoms with Crippen LogP contribution >= 0.6 is 22.9 Å². The van der Waals surface area contributed by atoms with Crippen LogP contribution in [0, 0.1) is 18.3 Å². The normalized spacial score (nSPS) is 15.0. The molecule has 0 radical (unpaired) electrons. The van der Waals surface area contributed by atoms with Crippen LogP contribution in [0.5, 0.6) is 0 Å². The molecule has 6 nitrogen and oxygen atoms in total. The molecule has 3 N–H and O–H groups in total. The molecule has 35 heavy (non-hydrogen) atoms. The van der Waals surface area contributed by atoms with Gasteiger partial charge < -0.3 is 10.6 Å². The van der Waals surface area contributed by atoms with E-state index in [4.69, 9.17) is 22.7 Å². The number of piperidine rings is 1. The van der Waals surface area contributed by atoms with Gasteiger partial charge in [0.1, 0.15) is 10.7 Å². The highest BCUT2D eigenvalue weighted by atomic mass is 35.5. The molecule has 2 aromatic heterocycles. The van der Waals surface area contributed by atoms with E-state index in [2.05, 4.69) is 28.7 Å². The number of hydrogen-bond acceptors (Lipinski definition) is 7. The fourth-order valence-corrected chi connectivity index (χ4v) is 5.76. The summed E-state index contributed by atoms with van der Waals surface area (Å²) in [6.07, 6.45) is 7.02. The van der Waals surface area contributed by atoms with E-state index in [9.17, 15) is 4.79 Å². The van der Waals surface area contributed by atoms with E-state index in [0.717, 1.165) is 48.4 Å². The van der Waals surface area contributed by atoms with Crippen LogP contribution in [-0.4, -0.2) is 45.5 Å². The molecule has 1 aliphatic heterocycles. The van der Waals surface area contributed by atoms with Gasteiger partial charge in [0, 0.05) is 46.7 Å². The number of hydrogen-bond donors (Lipinski definition) is 2. The highest BCUT2D eigenvalue weighted by Gasteiger charge is 2.25. The third-order valence-corrected chi connectivity index (χ3v) is 8.44. The van der Waals surface area contributed by atoms with E-state index >= 15 is 0 Å². The number of thiazole rings is 1. The van der Waals surface area contributed by atoms with Gasteiger partial charge in [-0.15, -0.1) is 11.3 Å². The third-order valence-electron chi connectivity index (χ3n) is 6.91. The van der Waals surface area contributed by atoms with Crippen molar-refractivity contribution in [1.82, 2.24) is 14.9 Å². The highest BCUT2D eigenvalue weighted by Crippen LogP contribution is 2.34. The number of likely N-dealkylation sites (tertiary alicyclic amines) is 1. The first-order chi connectivity index (χ1) is 16.8. The standard InChI is InChI=1S/C27H32ClN5OS/c1-16(2)33-13-10-18(11-14-33)6-9-22(34)25-26(19-5-4-12-31-15-19)35-27(32-25)24(30)20-7-8-21(28)17(3)23(20)29/h4-5,7-8,12,15-16,18,30H,6,9-11,13-14,29H2,1-3H3. The van der Waals surface area contributed by atoms with E-state index in [0.29, 0.717) is 45.4 Å². The predicted molar refractivity (Wildman–Crippen MR) is 145 cm³/mol. The Morgan fingerprint density at radius 2 is 2.03 bits per heavy atom. The molecule has 0 bridgehead atoms. The monoisotopic (exact) mass is 509 g/mol. The Kier molecular flexibility index (Phi) is 7.99. The first-order valence-electron chi connectivity index (χ1n) is 12.1. The summed E-state index contributed by atoms with van der Waals surface area (Å²) in [4.78, 5) is 25.5. The van der Waals surface area contributed by atoms with Gasteiger partial charge in [0.2, 0.25) is 0 Å². The minimum atomic E-state index is 0.0192. The molecule has 1 saturated heterocycles. The quantitative estimate of drug-likeness (QED) is 0.212. The molecular weight excluding hydrogens is 478 g/mol. The number of rotatable bonds is 8. The number of nitrogens with two attached hydrogens (primary N) is 1. The second-order valence-electron chi connectivity index (χ2n) is 9.48. The van der Waals surface area contributed by atoms with Crippen molar-refractivity contribution in [3.8, 4) is 10.4 Å². The smallest absolute Gasteiger partial charge is 0.182 e. The molecule has 1 aliphatic rings. The number of aromatic nitrogens is 2. The van der Waals surface area contributed by atoms with Gasteiger partial charge in [-0.05, 0) is 82.8 Å². The molecule has 0 aliphatic carbocycles. The summed E-state index contributed by atoms with van der Waals surface area (Å²) in [6, 6.07) is 7.82. The van der Waals surface area contributed by atoms with Gasteiger partial charge in [-0.25, -0.2) is 4.98 Å². The zero-order valence-corrected chi connectivity index (χ0v) is 22.0. The molecule has 4 rings (SSSR count). The van der Waals surface area contributed by atoms with E-state index in [1.54, 1.807) is 24.5 Å². The summed E-state index contributed by atoms with van der Waals surface area (Å²) >= 11 is 7.53. The first-order valence-corrected chi connectivity index (χ1v) is 13.3. The topological polar surface area (TPSA) is 96.0 Å². The number of nitrogens with zero attached hydrogens (tertiary/aromatic N) is 3. The van der Waals surface area contributed by atoms with Crippen molar-refractivity contribution in [3.05, 3.63) is 63.5 Å². The number of nitrogens with one attached hydrogen (secondary N) is 1. The Labute approximate surface area is 216 Å². The number of carbonyl (C=O) groups is 1. The summed E-state index contributed by atoms with van der Waals surface area (Å²) in [7, 11) is 0. The Balaban J connectivity index is 1.57. The molecule has 0 unspecified atom stereocenters. The number of ketones is 1. The Bertz CT molecular complexity index is 1220. The van der Waals surface area contributed by atoms with Crippen LogP contribution in [0.25, 0.3) is 10.4 Å². The zero-order chi connectivity index (χ0) is 25.1. The summed E-state index contributed by atoms with van der Waals surface area (Å²) in [5, 5.41) is 9.82.